The van der Waals surface area contributed by atoms with Crippen molar-refractivity contribution in [3.63, 3.8) is 0 Å². The fourth-order valence-corrected chi connectivity index (χ4v) is 3.05. The molecule has 5 nitrogen and oxygen atoms in total. The molecular formula is C10H25N3O2S. The maximum Gasteiger partial charge on any atom is 0.217 e. The van der Waals surface area contributed by atoms with Gasteiger partial charge in [0.1, 0.15) is 0 Å². The van der Waals surface area contributed by atoms with E-state index in [4.69, 9.17) is 5.73 Å². The van der Waals surface area contributed by atoms with Crippen LogP contribution in [0.3, 0.4) is 0 Å². The van der Waals surface area contributed by atoms with Gasteiger partial charge in [-0.05, 0) is 33.5 Å². The van der Waals surface area contributed by atoms with Gasteiger partial charge in [-0.3, -0.25) is 0 Å². The molecule has 0 fully saturated rings. The van der Waals surface area contributed by atoms with Crippen molar-refractivity contribution in [2.45, 2.75) is 25.0 Å². The molecule has 0 aliphatic rings. The summed E-state index contributed by atoms with van der Waals surface area (Å²) >= 11 is 0. The van der Waals surface area contributed by atoms with Crippen LogP contribution >= 0.6 is 0 Å². The first-order chi connectivity index (χ1) is 7.36. The van der Waals surface area contributed by atoms with Crippen LogP contribution in [0.1, 0.15) is 19.8 Å². The third kappa shape index (κ3) is 4.78. The summed E-state index contributed by atoms with van der Waals surface area (Å²) in [6.07, 6.45) is 1.40. The number of rotatable bonds is 8. The molecule has 0 aromatic carbocycles. The Morgan fingerprint density at radius 1 is 1.19 bits per heavy atom. The first-order valence-electron chi connectivity index (χ1n) is 5.66. The molecule has 0 aromatic rings. The van der Waals surface area contributed by atoms with Crippen LogP contribution in [0.5, 0.6) is 0 Å². The molecule has 0 rings (SSSR count). The van der Waals surface area contributed by atoms with E-state index in [1.165, 1.54) is 4.31 Å². The molecule has 0 radical (unpaired) electrons. The Hall–Kier alpha value is -0.170. The highest BCUT2D eigenvalue weighted by Crippen LogP contribution is 2.10. The van der Waals surface area contributed by atoms with Gasteiger partial charge in [0.05, 0.1) is 5.25 Å². The van der Waals surface area contributed by atoms with Crippen LogP contribution in [-0.4, -0.2) is 63.7 Å². The Morgan fingerprint density at radius 2 is 1.75 bits per heavy atom. The van der Waals surface area contributed by atoms with E-state index in [0.29, 0.717) is 13.0 Å². The third-order valence-electron chi connectivity index (χ3n) is 2.65. The highest BCUT2D eigenvalue weighted by atomic mass is 32.2. The zero-order chi connectivity index (χ0) is 12.8. The third-order valence-corrected chi connectivity index (χ3v) is 5.07. The van der Waals surface area contributed by atoms with E-state index in [1.807, 2.05) is 25.9 Å². The van der Waals surface area contributed by atoms with E-state index >= 15 is 0 Å². The zero-order valence-corrected chi connectivity index (χ0v) is 11.6. The van der Waals surface area contributed by atoms with Gasteiger partial charge in [0.15, 0.2) is 0 Å². The van der Waals surface area contributed by atoms with Crippen LogP contribution < -0.4 is 5.73 Å². The van der Waals surface area contributed by atoms with Gasteiger partial charge in [-0.25, -0.2) is 12.7 Å². The summed E-state index contributed by atoms with van der Waals surface area (Å²) in [7, 11) is 2.37. The average molecular weight is 251 g/mol. The Morgan fingerprint density at radius 3 is 2.12 bits per heavy atom. The second-order valence-electron chi connectivity index (χ2n) is 4.29. The molecule has 0 aliphatic carbocycles. The second kappa shape index (κ2) is 7.21. The van der Waals surface area contributed by atoms with Gasteiger partial charge in [-0.15, -0.1) is 0 Å². The maximum atomic E-state index is 12.0. The number of hydrogen-bond donors (Lipinski definition) is 1. The molecule has 0 aliphatic heterocycles. The molecular weight excluding hydrogens is 226 g/mol. The Labute approximate surface area is 99.6 Å². The number of hydrogen-bond acceptors (Lipinski definition) is 4. The number of nitrogens with zero attached hydrogens (tertiary/aromatic N) is 2. The van der Waals surface area contributed by atoms with E-state index in [1.54, 1.807) is 7.05 Å². The maximum absolute atomic E-state index is 12.0. The van der Waals surface area contributed by atoms with Gasteiger partial charge >= 0.3 is 0 Å². The van der Waals surface area contributed by atoms with Crippen LogP contribution in [0.4, 0.5) is 0 Å². The minimum Gasteiger partial charge on any atom is -0.329 e. The first-order valence-corrected chi connectivity index (χ1v) is 7.16. The van der Waals surface area contributed by atoms with Crippen molar-refractivity contribution in [2.24, 2.45) is 5.73 Å². The lowest BCUT2D eigenvalue weighted by atomic mass is 10.3. The van der Waals surface area contributed by atoms with E-state index in [-0.39, 0.29) is 6.54 Å². The summed E-state index contributed by atoms with van der Waals surface area (Å²) in [4.78, 5) is 2.04. The molecule has 1 unspecified atom stereocenters. The Bertz CT molecular complexity index is 274. The molecule has 6 heteroatoms. The lowest BCUT2D eigenvalue weighted by Crippen LogP contribution is -2.40. The van der Waals surface area contributed by atoms with Crippen molar-refractivity contribution < 1.29 is 8.42 Å². The molecule has 0 heterocycles. The van der Waals surface area contributed by atoms with Crippen molar-refractivity contribution in [1.29, 1.82) is 0 Å². The lowest BCUT2D eigenvalue weighted by Gasteiger charge is -2.23. The predicted molar refractivity (Wildman–Crippen MR) is 67.9 cm³/mol. The minimum atomic E-state index is -3.21. The Kier molecular flexibility index (Phi) is 7.14. The second-order valence-corrected chi connectivity index (χ2v) is 6.61. The van der Waals surface area contributed by atoms with Gasteiger partial charge in [0, 0.05) is 20.1 Å². The summed E-state index contributed by atoms with van der Waals surface area (Å²) in [5.41, 5.74) is 5.47. The molecule has 2 N–H and O–H groups in total. The molecule has 0 spiro atoms. The highest BCUT2D eigenvalue weighted by Gasteiger charge is 2.26. The van der Waals surface area contributed by atoms with Gasteiger partial charge in [0.25, 0.3) is 0 Å². The van der Waals surface area contributed by atoms with Crippen molar-refractivity contribution >= 4 is 10.0 Å². The van der Waals surface area contributed by atoms with Gasteiger partial charge < -0.3 is 10.6 Å². The molecule has 98 valence electrons. The monoisotopic (exact) mass is 251 g/mol. The van der Waals surface area contributed by atoms with Gasteiger partial charge in [0.2, 0.25) is 10.0 Å². The number of sulfonamides is 1. The molecule has 0 saturated carbocycles. The van der Waals surface area contributed by atoms with E-state index in [2.05, 4.69) is 0 Å². The minimum absolute atomic E-state index is 0.191. The summed E-state index contributed by atoms with van der Waals surface area (Å²) in [6.45, 7) is 3.48. The largest absolute Gasteiger partial charge is 0.329 e. The zero-order valence-electron chi connectivity index (χ0n) is 10.8. The summed E-state index contributed by atoms with van der Waals surface area (Å²) < 4.78 is 25.4. The smallest absolute Gasteiger partial charge is 0.217 e. The molecule has 0 amide bonds. The van der Waals surface area contributed by atoms with Crippen LogP contribution in [0.15, 0.2) is 0 Å². The van der Waals surface area contributed by atoms with E-state index < -0.39 is 15.3 Å². The Balaban J connectivity index is 4.29. The normalized spacial score (nSPS) is 14.7. The topological polar surface area (TPSA) is 66.6 Å². The van der Waals surface area contributed by atoms with Crippen LogP contribution in [-0.2, 0) is 10.0 Å². The number of nitrogens with two attached hydrogens (primary N) is 1. The van der Waals surface area contributed by atoms with Crippen molar-refractivity contribution in [2.75, 3.05) is 40.8 Å². The van der Waals surface area contributed by atoms with E-state index in [9.17, 15) is 8.42 Å². The molecule has 0 saturated heterocycles. The average Bonchev–Trinajstić information content (AvgIpc) is 2.18. The van der Waals surface area contributed by atoms with Crippen LogP contribution in [0.2, 0.25) is 0 Å². The summed E-state index contributed by atoms with van der Waals surface area (Å²) in [5, 5.41) is -0.447. The molecule has 0 bridgehead atoms. The lowest BCUT2D eigenvalue weighted by molar-refractivity contribution is 0.368. The van der Waals surface area contributed by atoms with Crippen LogP contribution in [0, 0.1) is 0 Å². The van der Waals surface area contributed by atoms with Gasteiger partial charge in [-0.1, -0.05) is 6.92 Å². The van der Waals surface area contributed by atoms with Gasteiger partial charge in [-0.2, -0.15) is 0 Å². The first kappa shape index (κ1) is 15.8. The van der Waals surface area contributed by atoms with Crippen molar-refractivity contribution in [3.05, 3.63) is 0 Å². The van der Waals surface area contributed by atoms with Crippen molar-refractivity contribution in [1.82, 2.24) is 9.21 Å². The van der Waals surface area contributed by atoms with E-state index in [0.717, 1.165) is 13.0 Å². The standard InChI is InChI=1S/C10H25N3O2S/c1-5-10(9-11)16(14,15)13(4)8-6-7-12(2)3/h10H,5-9,11H2,1-4H3. The summed E-state index contributed by atoms with van der Waals surface area (Å²) in [5.74, 6) is 0. The van der Waals surface area contributed by atoms with Crippen LogP contribution in [0.25, 0.3) is 0 Å². The fourth-order valence-electron chi connectivity index (χ4n) is 1.49. The van der Waals surface area contributed by atoms with Crippen molar-refractivity contribution in [3.8, 4) is 0 Å². The quantitative estimate of drug-likeness (QED) is 0.656. The fraction of sp³-hybridized carbons (Fsp3) is 1.00. The predicted octanol–water partition coefficient (Wildman–Crippen LogP) is -0.0630. The highest BCUT2D eigenvalue weighted by molar-refractivity contribution is 7.89. The molecule has 0 aromatic heterocycles. The summed E-state index contributed by atoms with van der Waals surface area (Å²) in [6, 6.07) is 0. The molecule has 16 heavy (non-hydrogen) atoms. The molecule has 1 atom stereocenters. The SMILES string of the molecule is CCC(CN)S(=O)(=O)N(C)CCCN(C)C.